The molecule has 0 aliphatic carbocycles. The van der Waals surface area contributed by atoms with E-state index < -0.39 is 0 Å². The van der Waals surface area contributed by atoms with Crippen LogP contribution in [0.25, 0.3) is 10.2 Å². The number of aromatic nitrogens is 2. The number of para-hydroxylation sites is 1. The molecular weight excluding hydrogens is 310 g/mol. The molecule has 0 saturated carbocycles. The van der Waals surface area contributed by atoms with Crippen LogP contribution in [0, 0.1) is 0 Å². The fourth-order valence-electron chi connectivity index (χ4n) is 2.79. The molecule has 118 valence electrons. The van der Waals surface area contributed by atoms with Gasteiger partial charge in [-0.1, -0.05) is 18.2 Å². The van der Waals surface area contributed by atoms with Crippen LogP contribution in [0.4, 0.5) is 11.6 Å². The van der Waals surface area contributed by atoms with E-state index in [1.807, 2.05) is 30.3 Å². The zero-order valence-corrected chi connectivity index (χ0v) is 13.8. The maximum absolute atomic E-state index is 12.4. The molecule has 0 unspecified atom stereocenters. The summed E-state index contributed by atoms with van der Waals surface area (Å²) in [7, 11) is 0. The smallest absolute Gasteiger partial charge is 0.270 e. The summed E-state index contributed by atoms with van der Waals surface area (Å²) in [5.74, 6) is 0.458. The van der Waals surface area contributed by atoms with E-state index in [1.165, 1.54) is 16.2 Å². The number of ether oxygens (including phenoxy) is 1. The Labute approximate surface area is 137 Å². The van der Waals surface area contributed by atoms with Crippen LogP contribution in [0.5, 0.6) is 0 Å². The molecule has 0 atom stereocenters. The van der Waals surface area contributed by atoms with Crippen molar-refractivity contribution < 1.29 is 4.74 Å². The van der Waals surface area contributed by atoms with Gasteiger partial charge in [-0.25, -0.2) is 4.98 Å². The van der Waals surface area contributed by atoms with Gasteiger partial charge in [0.05, 0.1) is 17.7 Å². The van der Waals surface area contributed by atoms with Crippen LogP contribution in [-0.4, -0.2) is 15.6 Å². The Bertz CT molecular complexity index is 928. The molecule has 1 aliphatic rings. The molecule has 2 aromatic heterocycles. The first-order chi connectivity index (χ1) is 11.0. The summed E-state index contributed by atoms with van der Waals surface area (Å²) in [6.45, 7) is 4.64. The van der Waals surface area contributed by atoms with E-state index in [9.17, 15) is 4.79 Å². The van der Waals surface area contributed by atoms with Gasteiger partial charge >= 0.3 is 0 Å². The zero-order chi connectivity index (χ0) is 16.0. The van der Waals surface area contributed by atoms with Gasteiger partial charge in [-0.15, -0.1) is 11.3 Å². The van der Waals surface area contributed by atoms with Gasteiger partial charge in [0.2, 0.25) is 5.95 Å². The zero-order valence-electron chi connectivity index (χ0n) is 13.0. The van der Waals surface area contributed by atoms with Crippen LogP contribution in [0.3, 0.4) is 0 Å². The molecule has 5 nitrogen and oxygen atoms in total. The predicted octanol–water partition coefficient (Wildman–Crippen LogP) is 3.58. The Kier molecular flexibility index (Phi) is 3.25. The molecule has 2 N–H and O–H groups in total. The molecule has 0 radical (unpaired) electrons. The average molecular weight is 327 g/mol. The van der Waals surface area contributed by atoms with Crippen LogP contribution in [0.2, 0.25) is 0 Å². The molecule has 0 fully saturated rings. The topological polar surface area (TPSA) is 67.0 Å². The highest BCUT2D eigenvalue weighted by molar-refractivity contribution is 7.19. The third kappa shape index (κ3) is 2.64. The SMILES string of the molecule is CC1(C)Cc2sc3c(=O)[nH]c(Nc4ccccc4)nc3c2CO1. The lowest BCUT2D eigenvalue weighted by molar-refractivity contribution is -0.0383. The highest BCUT2D eigenvalue weighted by Gasteiger charge is 2.30. The summed E-state index contributed by atoms with van der Waals surface area (Å²) >= 11 is 1.53. The predicted molar refractivity (Wildman–Crippen MR) is 92.5 cm³/mol. The first kappa shape index (κ1) is 14.4. The molecule has 0 amide bonds. The van der Waals surface area contributed by atoms with Crippen molar-refractivity contribution >= 4 is 33.2 Å². The van der Waals surface area contributed by atoms with Crippen molar-refractivity contribution in [2.24, 2.45) is 0 Å². The highest BCUT2D eigenvalue weighted by Crippen LogP contribution is 2.37. The number of benzene rings is 1. The third-order valence-corrected chi connectivity index (χ3v) is 5.17. The first-order valence-electron chi connectivity index (χ1n) is 7.52. The minimum absolute atomic E-state index is 0.106. The molecule has 0 bridgehead atoms. The molecule has 0 spiro atoms. The normalized spacial score (nSPS) is 16.3. The lowest BCUT2D eigenvalue weighted by Gasteiger charge is -2.29. The van der Waals surface area contributed by atoms with Crippen molar-refractivity contribution in [2.75, 3.05) is 5.32 Å². The van der Waals surface area contributed by atoms with E-state index in [1.54, 1.807) is 0 Å². The highest BCUT2D eigenvalue weighted by atomic mass is 32.1. The molecule has 1 aromatic carbocycles. The van der Waals surface area contributed by atoms with E-state index in [0.29, 0.717) is 17.3 Å². The maximum atomic E-state index is 12.4. The van der Waals surface area contributed by atoms with Crippen molar-refractivity contribution in [1.82, 2.24) is 9.97 Å². The van der Waals surface area contributed by atoms with Gasteiger partial charge in [-0.05, 0) is 26.0 Å². The van der Waals surface area contributed by atoms with Crippen molar-refractivity contribution in [2.45, 2.75) is 32.5 Å². The van der Waals surface area contributed by atoms with Crippen LogP contribution in [-0.2, 0) is 17.8 Å². The van der Waals surface area contributed by atoms with E-state index in [0.717, 1.165) is 23.2 Å². The Morgan fingerprint density at radius 2 is 2.09 bits per heavy atom. The standard InChI is InChI=1S/C17H17N3O2S/c1-17(2)8-12-11(9-22-17)13-14(23-12)15(21)20-16(19-13)18-10-6-4-3-5-7-10/h3-7H,8-9H2,1-2H3,(H2,18,19,20,21). The largest absolute Gasteiger partial charge is 0.370 e. The molecule has 23 heavy (non-hydrogen) atoms. The molecule has 1 aliphatic heterocycles. The van der Waals surface area contributed by atoms with Gasteiger partial charge < -0.3 is 10.1 Å². The minimum Gasteiger partial charge on any atom is -0.370 e. The van der Waals surface area contributed by atoms with Gasteiger partial charge in [-0.2, -0.15) is 0 Å². The average Bonchev–Trinajstić information content (AvgIpc) is 2.85. The minimum atomic E-state index is -0.189. The quantitative estimate of drug-likeness (QED) is 0.755. The van der Waals surface area contributed by atoms with E-state index in [4.69, 9.17) is 4.74 Å². The van der Waals surface area contributed by atoms with Crippen LogP contribution >= 0.6 is 11.3 Å². The van der Waals surface area contributed by atoms with E-state index in [2.05, 4.69) is 29.1 Å². The van der Waals surface area contributed by atoms with Gasteiger partial charge in [0.1, 0.15) is 4.70 Å². The lowest BCUT2D eigenvalue weighted by Crippen LogP contribution is -2.30. The second-order valence-corrected chi connectivity index (χ2v) is 7.42. The number of rotatable bonds is 2. The second-order valence-electron chi connectivity index (χ2n) is 6.31. The third-order valence-electron chi connectivity index (χ3n) is 3.95. The number of H-pyrrole nitrogens is 1. The van der Waals surface area contributed by atoms with Crippen LogP contribution in [0.1, 0.15) is 24.3 Å². The number of fused-ring (bicyclic) bond motifs is 3. The van der Waals surface area contributed by atoms with Gasteiger partial charge in [0.15, 0.2) is 0 Å². The molecule has 3 heterocycles. The molecular formula is C17H17N3O2S. The maximum Gasteiger partial charge on any atom is 0.270 e. The Balaban J connectivity index is 1.80. The summed E-state index contributed by atoms with van der Waals surface area (Å²) in [6.07, 6.45) is 0.810. The number of nitrogens with one attached hydrogen (secondary N) is 2. The first-order valence-corrected chi connectivity index (χ1v) is 8.34. The van der Waals surface area contributed by atoms with Crippen molar-refractivity contribution in [3.05, 3.63) is 51.1 Å². The summed E-state index contributed by atoms with van der Waals surface area (Å²) in [5, 5.41) is 3.15. The fraction of sp³-hybridized carbons (Fsp3) is 0.294. The molecule has 6 heteroatoms. The van der Waals surface area contributed by atoms with Gasteiger partial charge in [0.25, 0.3) is 5.56 Å². The molecule has 0 saturated heterocycles. The van der Waals surface area contributed by atoms with E-state index >= 15 is 0 Å². The summed E-state index contributed by atoms with van der Waals surface area (Å²) in [6, 6.07) is 9.67. The Morgan fingerprint density at radius 3 is 2.87 bits per heavy atom. The molecule has 4 rings (SSSR count). The van der Waals surface area contributed by atoms with Crippen molar-refractivity contribution in [3.8, 4) is 0 Å². The number of nitrogens with zero attached hydrogens (tertiary/aromatic N) is 1. The Morgan fingerprint density at radius 1 is 1.30 bits per heavy atom. The summed E-state index contributed by atoms with van der Waals surface area (Å²) < 4.78 is 6.57. The number of anilines is 2. The molecule has 3 aromatic rings. The second kappa shape index (κ2) is 5.18. The summed E-state index contributed by atoms with van der Waals surface area (Å²) in [4.78, 5) is 21.0. The van der Waals surface area contributed by atoms with Gasteiger partial charge in [0, 0.05) is 22.5 Å². The van der Waals surface area contributed by atoms with Crippen LogP contribution < -0.4 is 10.9 Å². The summed E-state index contributed by atoms with van der Waals surface area (Å²) in [5.41, 5.74) is 2.39. The fourth-order valence-corrected chi connectivity index (χ4v) is 4.15. The lowest BCUT2D eigenvalue weighted by atomic mass is 9.98. The van der Waals surface area contributed by atoms with Crippen molar-refractivity contribution in [3.63, 3.8) is 0 Å². The number of hydrogen-bond donors (Lipinski definition) is 2. The van der Waals surface area contributed by atoms with E-state index in [-0.39, 0.29) is 11.2 Å². The monoisotopic (exact) mass is 327 g/mol. The van der Waals surface area contributed by atoms with Crippen LogP contribution in [0.15, 0.2) is 35.1 Å². The van der Waals surface area contributed by atoms with Crippen molar-refractivity contribution in [1.29, 1.82) is 0 Å². The number of hydrogen-bond acceptors (Lipinski definition) is 5. The Hall–Kier alpha value is -2.18. The number of aromatic amines is 1. The van der Waals surface area contributed by atoms with Gasteiger partial charge in [-0.3, -0.25) is 9.78 Å². The number of thiophene rings is 1.